The average molecular weight is 180 g/mol. The molecule has 0 aliphatic carbocycles. The van der Waals surface area contributed by atoms with Crippen LogP contribution in [0.2, 0.25) is 0 Å². The lowest BCUT2D eigenvalue weighted by Gasteiger charge is -2.19. The van der Waals surface area contributed by atoms with E-state index in [4.69, 9.17) is 10.5 Å². The first-order valence-electron chi connectivity index (χ1n) is 3.56. The van der Waals surface area contributed by atoms with Crippen molar-refractivity contribution in [2.75, 3.05) is 13.2 Å². The van der Waals surface area contributed by atoms with E-state index in [1.165, 1.54) is 0 Å². The minimum Gasteiger partial charge on any atom is -0.367 e. The predicted molar refractivity (Wildman–Crippen MR) is 44.9 cm³/mol. The van der Waals surface area contributed by atoms with Crippen LogP contribution >= 0.6 is 12.4 Å². The summed E-state index contributed by atoms with van der Waals surface area (Å²) in [6, 6.07) is 0. The third-order valence-electron chi connectivity index (χ3n) is 1.99. The van der Waals surface area contributed by atoms with Crippen molar-refractivity contribution in [3.8, 4) is 0 Å². The second-order valence-corrected chi connectivity index (χ2v) is 2.81. The summed E-state index contributed by atoms with van der Waals surface area (Å²) in [4.78, 5) is 11.1. The van der Waals surface area contributed by atoms with Crippen LogP contribution in [0.5, 0.6) is 0 Å². The molecule has 0 aromatic carbocycles. The number of rotatable bonds is 2. The highest BCUT2D eigenvalue weighted by molar-refractivity contribution is 5.88. The monoisotopic (exact) mass is 179 g/mol. The van der Waals surface area contributed by atoms with E-state index in [1.54, 1.807) is 0 Å². The molecule has 11 heavy (non-hydrogen) atoms. The van der Waals surface area contributed by atoms with Crippen LogP contribution in [-0.4, -0.2) is 24.5 Å². The van der Waals surface area contributed by atoms with Gasteiger partial charge in [-0.2, -0.15) is 0 Å². The third kappa shape index (κ3) is 2.15. The number of Topliss-reactive ketones (excluding diaryl/α,β-unsaturated/α-hetero) is 1. The molecule has 0 amide bonds. The lowest BCUT2D eigenvalue weighted by Crippen LogP contribution is -2.38. The molecule has 1 rings (SSSR count). The molecule has 1 atom stereocenters. The molecular weight excluding hydrogens is 166 g/mol. The molecule has 3 nitrogen and oxygen atoms in total. The van der Waals surface area contributed by atoms with Crippen LogP contribution in [0.4, 0.5) is 0 Å². The summed E-state index contributed by atoms with van der Waals surface area (Å²) >= 11 is 0. The Hall–Kier alpha value is -0.120. The summed E-state index contributed by atoms with van der Waals surface area (Å²) in [5.74, 6) is 0.0185. The number of carbonyl (C=O) groups is 1. The lowest BCUT2D eigenvalue weighted by molar-refractivity contribution is -0.135. The maximum atomic E-state index is 11.1. The van der Waals surface area contributed by atoms with E-state index < -0.39 is 5.60 Å². The van der Waals surface area contributed by atoms with Gasteiger partial charge in [0, 0.05) is 6.61 Å². The van der Waals surface area contributed by atoms with Crippen LogP contribution < -0.4 is 5.73 Å². The summed E-state index contributed by atoms with van der Waals surface area (Å²) in [6.45, 7) is 2.61. The number of hydrogen-bond acceptors (Lipinski definition) is 3. The summed E-state index contributed by atoms with van der Waals surface area (Å²) in [7, 11) is 0. The van der Waals surface area contributed by atoms with Crippen LogP contribution in [-0.2, 0) is 9.53 Å². The maximum absolute atomic E-state index is 11.1. The van der Waals surface area contributed by atoms with Crippen LogP contribution in [0.15, 0.2) is 0 Å². The molecule has 0 saturated carbocycles. The topological polar surface area (TPSA) is 52.3 Å². The molecule has 1 aliphatic rings. The van der Waals surface area contributed by atoms with Crippen molar-refractivity contribution in [2.24, 2.45) is 5.73 Å². The number of ketones is 1. The standard InChI is InChI=1S/C7H13NO2.ClH/c1-7(6(9)5-8)3-2-4-10-7;/h2-5,8H2,1H3;1H. The van der Waals surface area contributed by atoms with E-state index in [9.17, 15) is 4.79 Å². The fraction of sp³-hybridized carbons (Fsp3) is 0.857. The summed E-state index contributed by atoms with van der Waals surface area (Å²) in [5, 5.41) is 0. The van der Waals surface area contributed by atoms with Gasteiger partial charge in [0.05, 0.1) is 6.54 Å². The highest BCUT2D eigenvalue weighted by Crippen LogP contribution is 2.25. The molecule has 66 valence electrons. The molecule has 1 heterocycles. The van der Waals surface area contributed by atoms with Crippen molar-refractivity contribution in [2.45, 2.75) is 25.4 Å². The Kier molecular flexibility index (Phi) is 4.00. The van der Waals surface area contributed by atoms with Gasteiger partial charge in [-0.15, -0.1) is 12.4 Å². The van der Waals surface area contributed by atoms with Crippen LogP contribution in [0.1, 0.15) is 19.8 Å². The second-order valence-electron chi connectivity index (χ2n) is 2.81. The van der Waals surface area contributed by atoms with E-state index in [2.05, 4.69) is 0 Å². The van der Waals surface area contributed by atoms with Gasteiger partial charge in [-0.1, -0.05) is 0 Å². The maximum Gasteiger partial charge on any atom is 0.177 e. The van der Waals surface area contributed by atoms with E-state index in [0.29, 0.717) is 6.61 Å². The zero-order valence-corrected chi connectivity index (χ0v) is 7.45. The largest absolute Gasteiger partial charge is 0.367 e. The van der Waals surface area contributed by atoms with Gasteiger partial charge in [0.2, 0.25) is 0 Å². The van der Waals surface area contributed by atoms with Gasteiger partial charge >= 0.3 is 0 Å². The zero-order chi connectivity index (χ0) is 7.61. The molecule has 1 fully saturated rings. The molecule has 0 bridgehead atoms. The Balaban J connectivity index is 0.000001000. The molecule has 0 aromatic heterocycles. The number of hydrogen-bond donors (Lipinski definition) is 1. The summed E-state index contributed by atoms with van der Waals surface area (Å²) < 4.78 is 5.26. The van der Waals surface area contributed by atoms with Gasteiger partial charge in [-0.25, -0.2) is 0 Å². The molecule has 1 unspecified atom stereocenters. The first-order valence-corrected chi connectivity index (χ1v) is 3.56. The highest BCUT2D eigenvalue weighted by Gasteiger charge is 2.36. The Morgan fingerprint density at radius 1 is 1.73 bits per heavy atom. The SMILES string of the molecule is CC1(C(=O)CN)CCCO1.Cl. The summed E-state index contributed by atoms with van der Waals surface area (Å²) in [5.41, 5.74) is 4.65. The lowest BCUT2D eigenvalue weighted by atomic mass is 9.97. The molecule has 2 N–H and O–H groups in total. The van der Waals surface area contributed by atoms with Crippen molar-refractivity contribution >= 4 is 18.2 Å². The van der Waals surface area contributed by atoms with E-state index in [1.807, 2.05) is 6.92 Å². The minimum absolute atomic E-state index is 0. The Morgan fingerprint density at radius 3 is 2.73 bits per heavy atom. The fourth-order valence-electron chi connectivity index (χ4n) is 1.21. The van der Waals surface area contributed by atoms with Gasteiger partial charge in [0.1, 0.15) is 5.60 Å². The molecule has 1 saturated heterocycles. The first kappa shape index (κ1) is 10.9. The van der Waals surface area contributed by atoms with Gasteiger partial charge in [0.15, 0.2) is 5.78 Å². The van der Waals surface area contributed by atoms with Gasteiger partial charge in [0.25, 0.3) is 0 Å². The molecule has 0 aromatic rings. The number of halogens is 1. The van der Waals surface area contributed by atoms with Crippen LogP contribution in [0, 0.1) is 0 Å². The van der Waals surface area contributed by atoms with E-state index >= 15 is 0 Å². The van der Waals surface area contributed by atoms with Gasteiger partial charge in [-0.05, 0) is 19.8 Å². The Morgan fingerprint density at radius 2 is 2.36 bits per heavy atom. The Bertz CT molecular complexity index is 143. The summed E-state index contributed by atoms with van der Waals surface area (Å²) in [6.07, 6.45) is 1.80. The van der Waals surface area contributed by atoms with Crippen molar-refractivity contribution in [1.29, 1.82) is 0 Å². The highest BCUT2D eigenvalue weighted by atomic mass is 35.5. The van der Waals surface area contributed by atoms with Crippen molar-refractivity contribution in [3.05, 3.63) is 0 Å². The van der Waals surface area contributed by atoms with Gasteiger partial charge in [-0.3, -0.25) is 4.79 Å². The number of nitrogens with two attached hydrogens (primary N) is 1. The minimum atomic E-state index is -0.561. The quantitative estimate of drug-likeness (QED) is 0.672. The molecule has 0 radical (unpaired) electrons. The smallest absolute Gasteiger partial charge is 0.177 e. The van der Waals surface area contributed by atoms with E-state index in [0.717, 1.165) is 12.8 Å². The Labute approximate surface area is 72.7 Å². The number of carbonyl (C=O) groups excluding carboxylic acids is 1. The average Bonchev–Trinajstić information content (AvgIpc) is 2.36. The molecule has 1 aliphatic heterocycles. The molecule has 0 spiro atoms. The number of ether oxygens (including phenoxy) is 1. The second kappa shape index (κ2) is 4.04. The van der Waals surface area contributed by atoms with Gasteiger partial charge < -0.3 is 10.5 Å². The van der Waals surface area contributed by atoms with Crippen molar-refractivity contribution < 1.29 is 9.53 Å². The first-order chi connectivity index (χ1) is 4.69. The normalized spacial score (nSPS) is 29.6. The van der Waals surface area contributed by atoms with E-state index in [-0.39, 0.29) is 24.7 Å². The van der Waals surface area contributed by atoms with Crippen LogP contribution in [0.25, 0.3) is 0 Å². The molecular formula is C7H14ClNO2. The third-order valence-corrected chi connectivity index (χ3v) is 1.99. The predicted octanol–water partition coefficient (Wildman–Crippen LogP) is 0.505. The van der Waals surface area contributed by atoms with Crippen LogP contribution in [0.3, 0.4) is 0 Å². The van der Waals surface area contributed by atoms with Crippen molar-refractivity contribution in [1.82, 2.24) is 0 Å². The van der Waals surface area contributed by atoms with Crippen molar-refractivity contribution in [3.63, 3.8) is 0 Å². The fourth-order valence-corrected chi connectivity index (χ4v) is 1.21. The zero-order valence-electron chi connectivity index (χ0n) is 6.63. The molecule has 4 heteroatoms.